The number of likely N-dealkylation sites (N-methyl/N-ethyl adjacent to an activating group) is 1. The lowest BCUT2D eigenvalue weighted by atomic mass is 10.1. The summed E-state index contributed by atoms with van der Waals surface area (Å²) < 4.78 is 6.22. The van der Waals surface area contributed by atoms with Crippen molar-refractivity contribution >= 4 is 17.6 Å². The molecule has 1 atom stereocenters. The van der Waals surface area contributed by atoms with Crippen LogP contribution < -0.4 is 10.9 Å². The summed E-state index contributed by atoms with van der Waals surface area (Å²) in [7, 11) is 5.17. The van der Waals surface area contributed by atoms with Crippen molar-refractivity contribution in [1.82, 2.24) is 9.47 Å². The van der Waals surface area contributed by atoms with Crippen LogP contribution in [0.5, 0.6) is 0 Å². The molecule has 1 unspecified atom stereocenters. The Kier molecular flexibility index (Phi) is 6.52. The molecule has 2 aromatic rings. The number of amides is 1. The lowest BCUT2D eigenvalue weighted by molar-refractivity contribution is 0.0600. The van der Waals surface area contributed by atoms with Crippen molar-refractivity contribution in [2.45, 2.75) is 19.9 Å². The van der Waals surface area contributed by atoms with Crippen LogP contribution in [0.3, 0.4) is 0 Å². The van der Waals surface area contributed by atoms with E-state index in [1.54, 1.807) is 48.0 Å². The van der Waals surface area contributed by atoms with Gasteiger partial charge in [0.05, 0.1) is 12.7 Å². The van der Waals surface area contributed by atoms with Crippen molar-refractivity contribution in [3.63, 3.8) is 0 Å². The van der Waals surface area contributed by atoms with Gasteiger partial charge >= 0.3 is 5.97 Å². The Hall–Kier alpha value is -2.93. The van der Waals surface area contributed by atoms with Crippen molar-refractivity contribution in [2.75, 3.05) is 33.1 Å². The summed E-state index contributed by atoms with van der Waals surface area (Å²) in [5.74, 6) is -0.931. The first-order valence-corrected chi connectivity index (χ1v) is 8.60. The Balaban J connectivity index is 2.28. The zero-order chi connectivity index (χ0) is 20.1. The molecule has 7 nitrogen and oxygen atoms in total. The molecular formula is C20H25N3O4. The van der Waals surface area contributed by atoms with Crippen LogP contribution in [0, 0.1) is 6.92 Å². The average Bonchev–Trinajstić information content (AvgIpc) is 2.61. The summed E-state index contributed by atoms with van der Waals surface area (Å²) in [6, 6.07) is 7.99. The van der Waals surface area contributed by atoms with Crippen LogP contribution in [0.1, 0.15) is 39.2 Å². The molecule has 0 spiro atoms. The summed E-state index contributed by atoms with van der Waals surface area (Å²) in [5.41, 5.74) is 1.26. The zero-order valence-electron chi connectivity index (χ0n) is 16.3. The Morgan fingerprint density at radius 2 is 1.81 bits per heavy atom. The molecule has 0 aliphatic rings. The maximum atomic E-state index is 12.8. The number of benzene rings is 1. The summed E-state index contributed by atoms with van der Waals surface area (Å²) in [4.78, 5) is 39.0. The molecule has 7 heteroatoms. The molecule has 1 aromatic carbocycles. The summed E-state index contributed by atoms with van der Waals surface area (Å²) >= 11 is 0. The Morgan fingerprint density at radius 3 is 2.37 bits per heavy atom. The molecule has 144 valence electrons. The smallest absolute Gasteiger partial charge is 0.337 e. The molecule has 1 heterocycles. The number of aryl methyl sites for hydroxylation is 1. The minimum absolute atomic E-state index is 0.0704. The molecule has 1 N–H and O–H groups in total. The summed E-state index contributed by atoms with van der Waals surface area (Å²) in [6.07, 6.45) is 1.72. The van der Waals surface area contributed by atoms with Gasteiger partial charge < -0.3 is 19.5 Å². The van der Waals surface area contributed by atoms with E-state index in [0.29, 0.717) is 23.4 Å². The molecule has 0 radical (unpaired) electrons. The Labute approximate surface area is 158 Å². The fraction of sp³-hybridized carbons (Fsp3) is 0.350. The van der Waals surface area contributed by atoms with Crippen molar-refractivity contribution in [1.29, 1.82) is 0 Å². The normalized spacial score (nSPS) is 11.9. The number of pyridine rings is 1. The molecule has 1 amide bonds. The van der Waals surface area contributed by atoms with Gasteiger partial charge in [-0.3, -0.25) is 9.59 Å². The second-order valence-corrected chi connectivity index (χ2v) is 6.72. The predicted octanol–water partition coefficient (Wildman–Crippen LogP) is 2.32. The van der Waals surface area contributed by atoms with Gasteiger partial charge in [0.25, 0.3) is 11.5 Å². The van der Waals surface area contributed by atoms with Crippen molar-refractivity contribution < 1.29 is 14.3 Å². The zero-order valence-corrected chi connectivity index (χ0v) is 16.3. The molecule has 0 fully saturated rings. The number of methoxy groups -OCH3 is 1. The van der Waals surface area contributed by atoms with E-state index >= 15 is 0 Å². The molecule has 0 saturated heterocycles. The molecule has 2 rings (SSSR count). The first kappa shape index (κ1) is 20.4. The number of anilines is 1. The second kappa shape index (κ2) is 8.64. The largest absolute Gasteiger partial charge is 0.465 e. The van der Waals surface area contributed by atoms with Gasteiger partial charge in [-0.05, 0) is 63.8 Å². The molecule has 0 saturated carbocycles. The van der Waals surface area contributed by atoms with E-state index < -0.39 is 11.9 Å². The lowest BCUT2D eigenvalue weighted by Crippen LogP contribution is -2.34. The number of hydrogen-bond acceptors (Lipinski definition) is 5. The number of esters is 1. The second-order valence-electron chi connectivity index (χ2n) is 6.72. The minimum Gasteiger partial charge on any atom is -0.465 e. The van der Waals surface area contributed by atoms with Crippen molar-refractivity contribution in [2.24, 2.45) is 0 Å². The number of hydrogen-bond donors (Lipinski definition) is 1. The van der Waals surface area contributed by atoms with Gasteiger partial charge in [-0.15, -0.1) is 0 Å². The molecule has 1 aromatic heterocycles. The monoisotopic (exact) mass is 371 g/mol. The van der Waals surface area contributed by atoms with E-state index in [0.717, 1.165) is 0 Å². The summed E-state index contributed by atoms with van der Waals surface area (Å²) in [6.45, 7) is 4.35. The highest BCUT2D eigenvalue weighted by molar-refractivity contribution is 6.05. The fourth-order valence-corrected chi connectivity index (χ4v) is 2.88. The van der Waals surface area contributed by atoms with Crippen molar-refractivity contribution in [3.05, 3.63) is 63.6 Å². The van der Waals surface area contributed by atoms with Crippen molar-refractivity contribution in [3.8, 4) is 0 Å². The standard InChI is InChI=1S/C20H25N3O4/c1-13-10-11-23(14(2)12-22(3)4)19(25)17(13)18(24)21-16-8-6-15(7-9-16)20(26)27-5/h6-11,14H,12H2,1-5H3,(H,21,24). The highest BCUT2D eigenvalue weighted by atomic mass is 16.5. The third-order valence-corrected chi connectivity index (χ3v) is 4.22. The van der Waals surface area contributed by atoms with E-state index in [2.05, 4.69) is 10.1 Å². The average molecular weight is 371 g/mol. The van der Waals surface area contributed by atoms with E-state index in [1.807, 2.05) is 25.9 Å². The van der Waals surface area contributed by atoms with Gasteiger partial charge in [-0.25, -0.2) is 4.79 Å². The maximum absolute atomic E-state index is 12.8. The van der Waals surface area contributed by atoms with Gasteiger partial charge in [-0.2, -0.15) is 0 Å². The topological polar surface area (TPSA) is 80.6 Å². The fourth-order valence-electron chi connectivity index (χ4n) is 2.88. The number of rotatable bonds is 6. The number of nitrogens with one attached hydrogen (secondary N) is 1. The number of carbonyl (C=O) groups is 2. The van der Waals surface area contributed by atoms with E-state index in [-0.39, 0.29) is 17.2 Å². The highest BCUT2D eigenvalue weighted by Crippen LogP contribution is 2.13. The van der Waals surface area contributed by atoms with Gasteiger partial charge in [0.1, 0.15) is 5.56 Å². The third kappa shape index (κ3) is 4.83. The lowest BCUT2D eigenvalue weighted by Gasteiger charge is -2.20. The predicted molar refractivity (Wildman–Crippen MR) is 104 cm³/mol. The molecule has 0 aliphatic heterocycles. The van der Waals surface area contributed by atoms with Crippen LogP contribution >= 0.6 is 0 Å². The first-order valence-electron chi connectivity index (χ1n) is 8.60. The third-order valence-electron chi connectivity index (χ3n) is 4.22. The van der Waals surface area contributed by atoms with Crippen LogP contribution in [-0.4, -0.2) is 49.1 Å². The Morgan fingerprint density at radius 1 is 1.19 bits per heavy atom. The molecule has 0 bridgehead atoms. The number of ether oxygens (including phenoxy) is 1. The Bertz CT molecular complexity index is 885. The van der Waals surface area contributed by atoms with Crippen LogP contribution in [0.4, 0.5) is 5.69 Å². The van der Waals surface area contributed by atoms with Crippen LogP contribution in [-0.2, 0) is 4.74 Å². The minimum atomic E-state index is -0.477. The van der Waals surface area contributed by atoms with Gasteiger partial charge in [0.2, 0.25) is 0 Å². The van der Waals surface area contributed by atoms with E-state index in [4.69, 9.17) is 0 Å². The summed E-state index contributed by atoms with van der Waals surface area (Å²) in [5, 5.41) is 2.72. The van der Waals surface area contributed by atoms with E-state index in [9.17, 15) is 14.4 Å². The SMILES string of the molecule is COC(=O)c1ccc(NC(=O)c2c(C)ccn(C(C)CN(C)C)c2=O)cc1. The van der Waals surface area contributed by atoms with Gasteiger partial charge in [-0.1, -0.05) is 0 Å². The number of carbonyl (C=O) groups excluding carboxylic acids is 2. The number of nitrogens with zero attached hydrogens (tertiary/aromatic N) is 2. The molecular weight excluding hydrogens is 346 g/mol. The van der Waals surface area contributed by atoms with Gasteiger partial charge in [0.15, 0.2) is 0 Å². The first-order chi connectivity index (χ1) is 12.7. The maximum Gasteiger partial charge on any atom is 0.337 e. The highest BCUT2D eigenvalue weighted by Gasteiger charge is 2.18. The van der Waals surface area contributed by atoms with Crippen LogP contribution in [0.25, 0.3) is 0 Å². The number of aromatic nitrogens is 1. The van der Waals surface area contributed by atoms with Crippen LogP contribution in [0.2, 0.25) is 0 Å². The van der Waals surface area contributed by atoms with Gasteiger partial charge in [0, 0.05) is 24.5 Å². The molecule has 27 heavy (non-hydrogen) atoms. The molecule has 0 aliphatic carbocycles. The van der Waals surface area contributed by atoms with Crippen LogP contribution in [0.15, 0.2) is 41.3 Å². The quantitative estimate of drug-likeness (QED) is 0.788. The van der Waals surface area contributed by atoms with E-state index in [1.165, 1.54) is 7.11 Å².